The molecule has 0 spiro atoms. The predicted octanol–water partition coefficient (Wildman–Crippen LogP) is 5.21. The fourth-order valence-corrected chi connectivity index (χ4v) is 7.74. The minimum atomic E-state index is -0.809. The number of carbonyl (C=O) groups is 3. The summed E-state index contributed by atoms with van der Waals surface area (Å²) in [6, 6.07) is 21.1. The molecule has 11 heteroatoms. The van der Waals surface area contributed by atoms with Crippen molar-refractivity contribution in [3.05, 3.63) is 103 Å². The Balaban J connectivity index is 1.37. The molecule has 2 aliphatic heterocycles. The molecule has 1 fully saturated rings. The Bertz CT molecular complexity index is 1690. The van der Waals surface area contributed by atoms with E-state index in [0.29, 0.717) is 37.6 Å². The van der Waals surface area contributed by atoms with Crippen LogP contribution in [0.15, 0.2) is 82.6 Å². The average molecular weight is 592 g/mol. The molecule has 1 aromatic heterocycles. The summed E-state index contributed by atoms with van der Waals surface area (Å²) in [5.74, 6) is -2.24. The van der Waals surface area contributed by atoms with Crippen LogP contribution in [0.3, 0.4) is 0 Å². The molecule has 40 heavy (non-hydrogen) atoms. The molecule has 4 aromatic rings. The number of aromatic nitrogens is 1. The number of benzene rings is 3. The molecule has 202 valence electrons. The molecule has 3 heterocycles. The summed E-state index contributed by atoms with van der Waals surface area (Å²) < 4.78 is 5.97. The largest absolute Gasteiger partial charge is 0.483 e. The van der Waals surface area contributed by atoms with Crippen LogP contribution in [0.1, 0.15) is 21.9 Å². The maximum atomic E-state index is 14.0. The van der Waals surface area contributed by atoms with Crippen LogP contribution >= 0.6 is 34.7 Å². The lowest BCUT2D eigenvalue weighted by molar-refractivity contribution is -0.122. The topological polar surface area (TPSA) is 109 Å². The Morgan fingerprint density at radius 2 is 1.77 bits per heavy atom. The second-order valence-electron chi connectivity index (χ2n) is 9.48. The van der Waals surface area contributed by atoms with E-state index >= 15 is 0 Å². The molecule has 6 rings (SSSR count). The maximum absolute atomic E-state index is 14.0. The fraction of sp³-hybridized carbons (Fsp3) is 0.172. The van der Waals surface area contributed by atoms with Crippen LogP contribution in [0, 0.1) is 12.8 Å². The van der Waals surface area contributed by atoms with E-state index < -0.39 is 17.1 Å². The number of thiazole rings is 1. The minimum absolute atomic E-state index is 0.288. The average Bonchev–Trinajstić information content (AvgIpc) is 3.43. The highest BCUT2D eigenvalue weighted by Crippen LogP contribution is 2.54. The van der Waals surface area contributed by atoms with Gasteiger partial charge in [0.25, 0.3) is 5.91 Å². The summed E-state index contributed by atoms with van der Waals surface area (Å²) in [4.78, 5) is 57.1. The number of anilines is 2. The number of halogens is 1. The number of fused-ring (bicyclic) bond motifs is 2. The van der Waals surface area contributed by atoms with E-state index in [1.165, 1.54) is 16.7 Å². The Hall–Kier alpha value is -3.86. The zero-order valence-electron chi connectivity index (χ0n) is 21.1. The number of imide groups is 1. The Morgan fingerprint density at radius 3 is 2.52 bits per heavy atom. The first-order chi connectivity index (χ1) is 19.3. The monoisotopic (exact) mass is 591 g/mol. The van der Waals surface area contributed by atoms with Crippen LogP contribution in [0.4, 0.5) is 11.4 Å². The number of rotatable bonds is 6. The van der Waals surface area contributed by atoms with Gasteiger partial charge in [-0.25, -0.2) is 4.90 Å². The zero-order valence-corrected chi connectivity index (χ0v) is 23.4. The number of aryl methyl sites for hydroxylation is 1. The van der Waals surface area contributed by atoms with Gasteiger partial charge in [-0.3, -0.25) is 19.2 Å². The molecular weight excluding hydrogens is 570 g/mol. The predicted molar refractivity (Wildman–Crippen MR) is 156 cm³/mol. The molecule has 0 aliphatic carbocycles. The van der Waals surface area contributed by atoms with Crippen molar-refractivity contribution >= 4 is 63.8 Å². The zero-order chi connectivity index (χ0) is 28.0. The summed E-state index contributed by atoms with van der Waals surface area (Å²) in [6.45, 7) is 1.63. The van der Waals surface area contributed by atoms with Gasteiger partial charge in [-0.15, -0.1) is 0 Å². The standard InChI is InChI=1S/C29H22ClN3O5S2/c1-15-7-10-18(11-8-15)33-27(35)23-22(24-26(32-29(37)40-24)39-25(23)28(33)36)19-13-16(30)9-12-20(19)38-14-21(34)31-17-5-3-2-4-6-17/h2-13,22-23,25H,14H2,1H3,(H,31,34)(H,32,37). The molecule has 1 saturated heterocycles. The SMILES string of the molecule is Cc1ccc(N2C(=O)C3Sc4[nH]c(=O)sc4C(c4cc(Cl)ccc4OCC(=O)Nc4ccccc4)C3C2=O)cc1. The van der Waals surface area contributed by atoms with E-state index in [2.05, 4.69) is 10.3 Å². The molecule has 2 aliphatic rings. The quantitative estimate of drug-likeness (QED) is 0.298. The van der Waals surface area contributed by atoms with Crippen LogP contribution in [0.2, 0.25) is 5.02 Å². The third kappa shape index (κ3) is 4.83. The van der Waals surface area contributed by atoms with Crippen molar-refractivity contribution in [3.8, 4) is 5.75 Å². The number of thioether (sulfide) groups is 1. The number of H-pyrrole nitrogens is 1. The van der Waals surface area contributed by atoms with Crippen LogP contribution < -0.4 is 19.8 Å². The molecule has 3 amide bonds. The number of hydrogen-bond donors (Lipinski definition) is 2. The third-order valence-corrected chi connectivity index (χ3v) is 9.48. The highest BCUT2D eigenvalue weighted by atomic mass is 35.5. The Labute approximate surface area is 242 Å². The summed E-state index contributed by atoms with van der Waals surface area (Å²) in [5.41, 5.74) is 2.65. The highest BCUT2D eigenvalue weighted by Gasteiger charge is 2.56. The second kappa shape index (κ2) is 10.6. The van der Waals surface area contributed by atoms with Crippen molar-refractivity contribution in [2.45, 2.75) is 23.1 Å². The number of carbonyl (C=O) groups excluding carboxylic acids is 3. The number of ether oxygens (including phenoxy) is 1. The normalized spacial score (nSPS) is 19.8. The van der Waals surface area contributed by atoms with Crippen LogP contribution in [0.25, 0.3) is 0 Å². The van der Waals surface area contributed by atoms with Crippen molar-refractivity contribution < 1.29 is 19.1 Å². The first-order valence-electron chi connectivity index (χ1n) is 12.4. The van der Waals surface area contributed by atoms with E-state index in [4.69, 9.17) is 16.3 Å². The van der Waals surface area contributed by atoms with Gasteiger partial charge in [-0.1, -0.05) is 70.6 Å². The first-order valence-corrected chi connectivity index (χ1v) is 14.5. The van der Waals surface area contributed by atoms with Gasteiger partial charge in [0.05, 0.1) is 16.6 Å². The lowest BCUT2D eigenvalue weighted by Gasteiger charge is -2.31. The molecule has 0 saturated carbocycles. The van der Waals surface area contributed by atoms with E-state index in [1.807, 2.05) is 37.3 Å². The number of hydrogen-bond acceptors (Lipinski definition) is 7. The Morgan fingerprint density at radius 1 is 1.02 bits per heavy atom. The molecule has 3 unspecified atom stereocenters. The first kappa shape index (κ1) is 26.4. The van der Waals surface area contributed by atoms with Gasteiger partial charge in [-0.05, 0) is 49.4 Å². The number of amides is 3. The van der Waals surface area contributed by atoms with Gasteiger partial charge in [0.2, 0.25) is 11.8 Å². The maximum Gasteiger partial charge on any atom is 0.305 e. The summed E-state index contributed by atoms with van der Waals surface area (Å²) >= 11 is 8.61. The van der Waals surface area contributed by atoms with E-state index in [9.17, 15) is 19.2 Å². The molecule has 0 bridgehead atoms. The van der Waals surface area contributed by atoms with E-state index in [0.717, 1.165) is 16.9 Å². The lowest BCUT2D eigenvalue weighted by Crippen LogP contribution is -2.32. The molecule has 8 nitrogen and oxygen atoms in total. The van der Waals surface area contributed by atoms with Crippen molar-refractivity contribution in [2.75, 3.05) is 16.8 Å². The Kier molecular flexibility index (Phi) is 6.99. The molecule has 3 atom stereocenters. The minimum Gasteiger partial charge on any atom is -0.483 e. The van der Waals surface area contributed by atoms with E-state index in [-0.39, 0.29) is 29.2 Å². The fourth-order valence-electron chi connectivity index (χ4n) is 5.06. The van der Waals surface area contributed by atoms with Gasteiger partial charge >= 0.3 is 4.87 Å². The number of aromatic amines is 1. The number of nitrogens with one attached hydrogen (secondary N) is 2. The van der Waals surface area contributed by atoms with Crippen molar-refractivity contribution in [2.24, 2.45) is 5.92 Å². The van der Waals surface area contributed by atoms with Gasteiger partial charge < -0.3 is 15.0 Å². The van der Waals surface area contributed by atoms with Crippen molar-refractivity contribution in [1.29, 1.82) is 0 Å². The van der Waals surface area contributed by atoms with Gasteiger partial charge in [0.1, 0.15) is 11.0 Å². The van der Waals surface area contributed by atoms with Crippen LogP contribution in [0.5, 0.6) is 5.75 Å². The van der Waals surface area contributed by atoms with Crippen molar-refractivity contribution in [3.63, 3.8) is 0 Å². The van der Waals surface area contributed by atoms with E-state index in [1.54, 1.807) is 42.5 Å². The van der Waals surface area contributed by atoms with Gasteiger partial charge in [0, 0.05) is 27.1 Å². The molecular formula is C29H22ClN3O5S2. The van der Waals surface area contributed by atoms with Crippen molar-refractivity contribution in [1.82, 2.24) is 4.98 Å². The summed E-state index contributed by atoms with van der Waals surface area (Å²) in [7, 11) is 0. The molecule has 3 aromatic carbocycles. The van der Waals surface area contributed by atoms with Crippen LogP contribution in [-0.4, -0.2) is 34.6 Å². The number of para-hydroxylation sites is 1. The smallest absolute Gasteiger partial charge is 0.305 e. The summed E-state index contributed by atoms with van der Waals surface area (Å²) in [6.07, 6.45) is 0. The highest BCUT2D eigenvalue weighted by molar-refractivity contribution is 8.00. The second-order valence-corrected chi connectivity index (χ2v) is 12.1. The van der Waals surface area contributed by atoms with Crippen LogP contribution in [-0.2, 0) is 14.4 Å². The van der Waals surface area contributed by atoms with Gasteiger partial charge in [0.15, 0.2) is 6.61 Å². The summed E-state index contributed by atoms with van der Waals surface area (Å²) in [5, 5.41) is 2.95. The number of nitrogens with zero attached hydrogens (tertiary/aromatic N) is 1. The molecule has 2 N–H and O–H groups in total. The van der Waals surface area contributed by atoms with Gasteiger partial charge in [-0.2, -0.15) is 0 Å². The third-order valence-electron chi connectivity index (χ3n) is 6.84. The lowest BCUT2D eigenvalue weighted by atomic mass is 9.82. The molecule has 0 radical (unpaired) electrons.